The molecule has 2 aliphatic rings. The highest BCUT2D eigenvalue weighted by atomic mass is 19.1. The Balaban J connectivity index is 1.04. The average molecular weight is 659 g/mol. The molecule has 0 bridgehead atoms. The third kappa shape index (κ3) is 6.79. The van der Waals surface area contributed by atoms with E-state index >= 15 is 0 Å². The molecular weight excluding hydrogens is 627 g/mol. The molecule has 3 amide bonds. The summed E-state index contributed by atoms with van der Waals surface area (Å²) < 4.78 is 26.0. The van der Waals surface area contributed by atoms with Crippen LogP contribution in [0.4, 0.5) is 14.9 Å². The van der Waals surface area contributed by atoms with Crippen molar-refractivity contribution in [3.8, 4) is 11.6 Å². The van der Waals surface area contributed by atoms with E-state index in [4.69, 9.17) is 9.47 Å². The number of fused-ring (bicyclic) bond motifs is 1. The number of benzene rings is 3. The van der Waals surface area contributed by atoms with Crippen LogP contribution in [0.25, 0.3) is 10.8 Å². The highest BCUT2D eigenvalue weighted by Crippen LogP contribution is 2.33. The first-order valence-electron chi connectivity index (χ1n) is 15.4. The quantitative estimate of drug-likeness (QED) is 0.227. The molecule has 2 saturated heterocycles. The van der Waals surface area contributed by atoms with E-state index in [1.807, 2.05) is 30.3 Å². The number of hydrogen-bond acceptors (Lipinski definition) is 9. The SMILES string of the molecule is O=C(OCc1ccccc1)N1CCC(C(=O)N2CCN(C(=O)c3cc(Oc4n[nH]c(=O)c5cccc([N+](=O)[O-])c45)ccc3F)CC2)CC1. The van der Waals surface area contributed by atoms with Crippen LogP contribution in [0.5, 0.6) is 11.6 Å². The van der Waals surface area contributed by atoms with Crippen molar-refractivity contribution in [1.29, 1.82) is 0 Å². The number of piperazine rings is 1. The van der Waals surface area contributed by atoms with Gasteiger partial charge in [-0.3, -0.25) is 24.5 Å². The molecule has 0 spiro atoms. The Kier molecular flexibility index (Phi) is 9.27. The number of piperidine rings is 1. The van der Waals surface area contributed by atoms with Crippen LogP contribution in [0.1, 0.15) is 28.8 Å². The number of aromatic nitrogens is 2. The van der Waals surface area contributed by atoms with Crippen molar-refractivity contribution in [3.05, 3.63) is 104 Å². The number of nitro groups is 1. The lowest BCUT2D eigenvalue weighted by Crippen LogP contribution is -2.53. The largest absolute Gasteiger partial charge is 0.445 e. The van der Waals surface area contributed by atoms with Gasteiger partial charge in [-0.15, -0.1) is 5.10 Å². The van der Waals surface area contributed by atoms with E-state index < -0.39 is 34.0 Å². The highest BCUT2D eigenvalue weighted by molar-refractivity contribution is 5.96. The molecule has 2 aliphatic heterocycles. The summed E-state index contributed by atoms with van der Waals surface area (Å²) in [6.45, 7) is 1.86. The van der Waals surface area contributed by atoms with Crippen LogP contribution in [0.3, 0.4) is 0 Å². The molecule has 1 N–H and O–H groups in total. The molecule has 0 unspecified atom stereocenters. The van der Waals surface area contributed by atoms with Gasteiger partial charge in [-0.1, -0.05) is 36.4 Å². The number of hydrogen-bond donors (Lipinski definition) is 1. The summed E-state index contributed by atoms with van der Waals surface area (Å²) in [6.07, 6.45) is 0.584. The molecule has 14 nitrogen and oxygen atoms in total. The van der Waals surface area contributed by atoms with Gasteiger partial charge in [-0.2, -0.15) is 0 Å². The van der Waals surface area contributed by atoms with Crippen LogP contribution in [0.2, 0.25) is 0 Å². The summed E-state index contributed by atoms with van der Waals surface area (Å²) in [7, 11) is 0. The Bertz CT molecular complexity index is 1920. The molecule has 4 aromatic rings. The zero-order valence-electron chi connectivity index (χ0n) is 25.7. The first-order valence-corrected chi connectivity index (χ1v) is 15.4. The highest BCUT2D eigenvalue weighted by Gasteiger charge is 2.33. The molecule has 248 valence electrons. The normalized spacial score (nSPS) is 15.3. The minimum Gasteiger partial charge on any atom is -0.445 e. The van der Waals surface area contributed by atoms with Gasteiger partial charge in [-0.05, 0) is 42.7 Å². The number of nitrogens with one attached hydrogen (secondary N) is 1. The van der Waals surface area contributed by atoms with Gasteiger partial charge in [-0.25, -0.2) is 14.3 Å². The van der Waals surface area contributed by atoms with Gasteiger partial charge in [0.05, 0.1) is 15.9 Å². The van der Waals surface area contributed by atoms with Gasteiger partial charge in [0, 0.05) is 51.3 Å². The maximum absolute atomic E-state index is 14.9. The average Bonchev–Trinajstić information content (AvgIpc) is 3.12. The lowest BCUT2D eigenvalue weighted by molar-refractivity contribution is -0.383. The van der Waals surface area contributed by atoms with Crippen molar-refractivity contribution in [2.24, 2.45) is 5.92 Å². The van der Waals surface area contributed by atoms with Crippen LogP contribution in [-0.2, 0) is 16.1 Å². The monoisotopic (exact) mass is 658 g/mol. The number of H-pyrrole nitrogens is 1. The number of halogens is 1. The minimum absolute atomic E-state index is 0.0214. The van der Waals surface area contributed by atoms with Gasteiger partial charge in [0.1, 0.15) is 23.6 Å². The summed E-state index contributed by atoms with van der Waals surface area (Å²) in [5.74, 6) is -2.03. The number of aromatic amines is 1. The number of non-ortho nitro benzene ring substituents is 1. The van der Waals surface area contributed by atoms with Crippen molar-refractivity contribution in [2.45, 2.75) is 19.4 Å². The van der Waals surface area contributed by atoms with Crippen LogP contribution in [0, 0.1) is 21.8 Å². The van der Waals surface area contributed by atoms with Crippen LogP contribution < -0.4 is 10.3 Å². The topological polar surface area (TPSA) is 168 Å². The fourth-order valence-corrected chi connectivity index (χ4v) is 5.92. The molecule has 0 saturated carbocycles. The Hall–Kier alpha value is -5.86. The number of likely N-dealkylation sites (tertiary alicyclic amines) is 1. The number of amides is 3. The zero-order valence-corrected chi connectivity index (χ0v) is 25.7. The summed E-state index contributed by atoms with van der Waals surface area (Å²) in [6, 6.07) is 16.8. The third-order valence-corrected chi connectivity index (χ3v) is 8.53. The molecule has 6 rings (SSSR count). The van der Waals surface area contributed by atoms with Crippen molar-refractivity contribution in [1.82, 2.24) is 24.9 Å². The number of nitro benzene ring substituents is 1. The smallest absolute Gasteiger partial charge is 0.410 e. The molecule has 1 aromatic heterocycles. The van der Waals surface area contributed by atoms with Gasteiger partial charge in [0.25, 0.3) is 23.0 Å². The molecule has 48 heavy (non-hydrogen) atoms. The molecule has 0 aliphatic carbocycles. The predicted octanol–water partition coefficient (Wildman–Crippen LogP) is 4.10. The molecule has 0 atom stereocenters. The minimum atomic E-state index is -0.801. The van der Waals surface area contributed by atoms with E-state index in [0.717, 1.165) is 11.6 Å². The van der Waals surface area contributed by atoms with E-state index in [1.54, 1.807) is 9.80 Å². The fraction of sp³-hybridized carbons (Fsp3) is 0.303. The van der Waals surface area contributed by atoms with E-state index in [2.05, 4.69) is 10.2 Å². The van der Waals surface area contributed by atoms with Gasteiger partial charge >= 0.3 is 6.09 Å². The van der Waals surface area contributed by atoms with Gasteiger partial charge in [0.15, 0.2) is 0 Å². The predicted molar refractivity (Wildman–Crippen MR) is 169 cm³/mol. The molecule has 3 heterocycles. The number of nitrogens with zero attached hydrogens (tertiary/aromatic N) is 5. The van der Waals surface area contributed by atoms with Crippen molar-refractivity contribution >= 4 is 34.4 Å². The van der Waals surface area contributed by atoms with E-state index in [9.17, 15) is 33.7 Å². The molecule has 3 aromatic carbocycles. The van der Waals surface area contributed by atoms with Gasteiger partial charge < -0.3 is 24.2 Å². The number of rotatable bonds is 7. The van der Waals surface area contributed by atoms with Gasteiger partial charge in [0.2, 0.25) is 5.91 Å². The van der Waals surface area contributed by atoms with Crippen molar-refractivity contribution in [3.63, 3.8) is 0 Å². The number of carbonyl (C=O) groups is 3. The fourth-order valence-electron chi connectivity index (χ4n) is 5.92. The third-order valence-electron chi connectivity index (χ3n) is 8.53. The van der Waals surface area contributed by atoms with Crippen molar-refractivity contribution in [2.75, 3.05) is 39.3 Å². The first-order chi connectivity index (χ1) is 23.2. The van der Waals surface area contributed by atoms with E-state index in [1.165, 1.54) is 35.2 Å². The molecule has 0 radical (unpaired) electrons. The summed E-state index contributed by atoms with van der Waals surface area (Å²) >= 11 is 0. The lowest BCUT2D eigenvalue weighted by Gasteiger charge is -2.38. The van der Waals surface area contributed by atoms with E-state index in [-0.39, 0.29) is 72.6 Å². The zero-order chi connectivity index (χ0) is 33.8. The Morgan fingerprint density at radius 1 is 0.917 bits per heavy atom. The lowest BCUT2D eigenvalue weighted by atomic mass is 9.95. The first kappa shape index (κ1) is 32.1. The maximum atomic E-state index is 14.9. The summed E-state index contributed by atoms with van der Waals surface area (Å²) in [5.41, 5.74) is -0.457. The molecule has 15 heteroatoms. The summed E-state index contributed by atoms with van der Waals surface area (Å²) in [5, 5.41) is 17.5. The van der Waals surface area contributed by atoms with Crippen LogP contribution in [0.15, 0.2) is 71.5 Å². The van der Waals surface area contributed by atoms with Crippen LogP contribution >= 0.6 is 0 Å². The van der Waals surface area contributed by atoms with Crippen LogP contribution in [-0.4, -0.2) is 87.0 Å². The second-order valence-electron chi connectivity index (χ2n) is 11.5. The standard InChI is InChI=1S/C33H31FN6O8/c34-26-10-9-23(48-30-28-24(29(41)35-36-30)7-4-8-27(28)40(45)46)19-25(26)32(43)38-17-15-37(16-18-38)31(42)22-11-13-39(14-12-22)33(44)47-20-21-5-2-1-3-6-21/h1-10,19,22H,11-18,20H2,(H,35,41). The second kappa shape index (κ2) is 13.9. The maximum Gasteiger partial charge on any atom is 0.410 e. The molecule has 2 fully saturated rings. The Morgan fingerprint density at radius 3 is 2.33 bits per heavy atom. The number of ether oxygens (including phenoxy) is 2. The number of carbonyl (C=O) groups excluding carboxylic acids is 3. The molecular formula is C33H31FN6O8. The Morgan fingerprint density at radius 2 is 1.62 bits per heavy atom. The summed E-state index contributed by atoms with van der Waals surface area (Å²) in [4.78, 5) is 67.1. The Labute approximate surface area is 272 Å². The van der Waals surface area contributed by atoms with Crippen molar-refractivity contribution < 1.29 is 33.2 Å². The second-order valence-corrected chi connectivity index (χ2v) is 11.5. The van der Waals surface area contributed by atoms with E-state index in [0.29, 0.717) is 25.9 Å².